The minimum atomic E-state index is -0.358. The molecule has 0 aliphatic heterocycles. The van der Waals surface area contributed by atoms with Crippen LogP contribution in [0.2, 0.25) is 0 Å². The van der Waals surface area contributed by atoms with Crippen molar-refractivity contribution in [3.8, 4) is 22.7 Å². The van der Waals surface area contributed by atoms with Crippen LogP contribution in [-0.2, 0) is 9.53 Å². The molecule has 0 atom stereocenters. The third-order valence-corrected chi connectivity index (χ3v) is 6.67. The molecular formula is C32H36N4O4. The predicted octanol–water partition coefficient (Wildman–Crippen LogP) is 5.71. The fraction of sp³-hybridized carbons (Fsp3) is 0.281. The Morgan fingerprint density at radius 3 is 2.23 bits per heavy atom. The lowest BCUT2D eigenvalue weighted by molar-refractivity contribution is -0.117. The average molecular weight is 541 g/mol. The Hall–Kier alpha value is -4.43. The Morgan fingerprint density at radius 1 is 0.950 bits per heavy atom. The fourth-order valence-electron chi connectivity index (χ4n) is 4.26. The molecule has 8 nitrogen and oxygen atoms in total. The molecule has 4 aromatic rings. The van der Waals surface area contributed by atoms with Gasteiger partial charge in [0.25, 0.3) is 5.91 Å². The topological polar surface area (TPSA) is 85.7 Å². The van der Waals surface area contributed by atoms with Crippen molar-refractivity contribution in [2.45, 2.75) is 26.7 Å². The number of aryl methyl sites for hydroxylation is 1. The first-order valence-electron chi connectivity index (χ1n) is 13.3. The second-order valence-corrected chi connectivity index (χ2v) is 9.93. The van der Waals surface area contributed by atoms with Crippen molar-refractivity contribution in [3.63, 3.8) is 0 Å². The van der Waals surface area contributed by atoms with Crippen LogP contribution in [0.5, 0.6) is 5.75 Å². The molecule has 0 saturated heterocycles. The highest BCUT2D eigenvalue weighted by atomic mass is 16.5. The number of benzene rings is 3. The van der Waals surface area contributed by atoms with Gasteiger partial charge in [0, 0.05) is 36.7 Å². The van der Waals surface area contributed by atoms with E-state index in [2.05, 4.69) is 31.3 Å². The van der Waals surface area contributed by atoms with Crippen LogP contribution < -0.4 is 10.1 Å². The van der Waals surface area contributed by atoms with Crippen LogP contribution in [-0.4, -0.2) is 60.2 Å². The molecule has 1 heterocycles. The molecule has 0 radical (unpaired) electrons. The first-order valence-corrected chi connectivity index (χ1v) is 13.3. The summed E-state index contributed by atoms with van der Waals surface area (Å²) in [5.41, 5.74) is 5.22. The molecule has 1 N–H and O–H groups in total. The number of carbonyl (C=O) groups is 2. The molecule has 0 bridgehead atoms. The lowest BCUT2D eigenvalue weighted by Crippen LogP contribution is -2.40. The van der Waals surface area contributed by atoms with Gasteiger partial charge in [-0.15, -0.1) is 0 Å². The van der Waals surface area contributed by atoms with Gasteiger partial charge >= 0.3 is 0 Å². The quantitative estimate of drug-likeness (QED) is 0.264. The minimum absolute atomic E-state index is 0.146. The summed E-state index contributed by atoms with van der Waals surface area (Å²) in [5.74, 6) is 0.912. The van der Waals surface area contributed by atoms with Crippen LogP contribution in [0.3, 0.4) is 0 Å². The molecule has 40 heavy (non-hydrogen) atoms. The summed E-state index contributed by atoms with van der Waals surface area (Å²) in [6.45, 7) is 6.69. The van der Waals surface area contributed by atoms with Crippen molar-refractivity contribution in [2.24, 2.45) is 0 Å². The Bertz CT molecular complexity index is 1430. The molecule has 1 aromatic heterocycles. The van der Waals surface area contributed by atoms with Crippen LogP contribution in [0.4, 0.5) is 5.95 Å². The van der Waals surface area contributed by atoms with Gasteiger partial charge in [0.05, 0.1) is 19.4 Å². The second-order valence-electron chi connectivity index (χ2n) is 9.93. The number of nitrogens with zero attached hydrogens (tertiary/aromatic N) is 3. The van der Waals surface area contributed by atoms with Crippen molar-refractivity contribution in [3.05, 3.63) is 95.7 Å². The van der Waals surface area contributed by atoms with Gasteiger partial charge in [-0.1, -0.05) is 43.7 Å². The average Bonchev–Trinajstić information content (AvgIpc) is 3.38. The SMILES string of the molecule is COCCN(CC(=O)Nc1nc(-c2ccc(OC)cc2)cn1-c1ccc(C(C)C)cc1)C(=O)c1ccc(C)cc1. The highest BCUT2D eigenvalue weighted by Gasteiger charge is 2.21. The Balaban J connectivity index is 1.62. The maximum Gasteiger partial charge on any atom is 0.254 e. The fourth-order valence-corrected chi connectivity index (χ4v) is 4.26. The molecule has 0 spiro atoms. The number of hydrogen-bond acceptors (Lipinski definition) is 5. The number of methoxy groups -OCH3 is 2. The number of anilines is 1. The summed E-state index contributed by atoms with van der Waals surface area (Å²) < 4.78 is 12.3. The van der Waals surface area contributed by atoms with E-state index >= 15 is 0 Å². The van der Waals surface area contributed by atoms with E-state index in [0.717, 1.165) is 22.6 Å². The Morgan fingerprint density at radius 2 is 1.62 bits per heavy atom. The third-order valence-electron chi connectivity index (χ3n) is 6.67. The zero-order valence-corrected chi connectivity index (χ0v) is 23.7. The van der Waals surface area contributed by atoms with Crippen LogP contribution >= 0.6 is 0 Å². The zero-order chi connectivity index (χ0) is 28.6. The predicted molar refractivity (Wildman–Crippen MR) is 157 cm³/mol. The molecular weight excluding hydrogens is 504 g/mol. The number of nitrogens with one attached hydrogen (secondary N) is 1. The molecule has 0 aliphatic rings. The van der Waals surface area contributed by atoms with Gasteiger partial charge < -0.3 is 14.4 Å². The molecule has 0 aliphatic carbocycles. The summed E-state index contributed by atoms with van der Waals surface area (Å²) in [6, 6.07) is 23.0. The number of rotatable bonds is 11. The molecule has 4 rings (SSSR count). The van der Waals surface area contributed by atoms with Crippen LogP contribution in [0.25, 0.3) is 16.9 Å². The smallest absolute Gasteiger partial charge is 0.254 e. The largest absolute Gasteiger partial charge is 0.497 e. The van der Waals surface area contributed by atoms with Crippen molar-refractivity contribution in [1.82, 2.24) is 14.5 Å². The van der Waals surface area contributed by atoms with Gasteiger partial charge in [-0.2, -0.15) is 0 Å². The molecule has 8 heteroatoms. The molecule has 0 fully saturated rings. The molecule has 0 saturated carbocycles. The molecule has 2 amide bonds. The highest BCUT2D eigenvalue weighted by molar-refractivity contribution is 5.99. The van der Waals surface area contributed by atoms with E-state index in [9.17, 15) is 9.59 Å². The first-order chi connectivity index (χ1) is 19.3. The van der Waals surface area contributed by atoms with Gasteiger partial charge in [0.1, 0.15) is 12.3 Å². The lowest BCUT2D eigenvalue weighted by atomic mass is 10.0. The number of hydrogen-bond donors (Lipinski definition) is 1. The minimum Gasteiger partial charge on any atom is -0.497 e. The third kappa shape index (κ3) is 6.95. The van der Waals surface area contributed by atoms with E-state index in [4.69, 9.17) is 14.5 Å². The maximum atomic E-state index is 13.3. The van der Waals surface area contributed by atoms with E-state index in [0.29, 0.717) is 29.7 Å². The Kier molecular flexibility index (Phi) is 9.35. The van der Waals surface area contributed by atoms with Crippen molar-refractivity contribution in [2.75, 3.05) is 39.2 Å². The lowest BCUT2D eigenvalue weighted by Gasteiger charge is -2.22. The van der Waals surface area contributed by atoms with Crippen LogP contribution in [0.15, 0.2) is 79.0 Å². The van der Waals surface area contributed by atoms with E-state index < -0.39 is 0 Å². The number of ether oxygens (including phenoxy) is 2. The van der Waals surface area contributed by atoms with Gasteiger partial charge in [0.2, 0.25) is 11.9 Å². The Labute approximate surface area is 235 Å². The van der Waals surface area contributed by atoms with Crippen molar-refractivity contribution < 1.29 is 19.1 Å². The summed E-state index contributed by atoms with van der Waals surface area (Å²) in [7, 11) is 3.19. The van der Waals surface area contributed by atoms with Gasteiger partial charge in [-0.05, 0) is 66.9 Å². The van der Waals surface area contributed by atoms with E-state index in [1.807, 2.05) is 66.2 Å². The van der Waals surface area contributed by atoms with Crippen molar-refractivity contribution in [1.29, 1.82) is 0 Å². The molecule has 3 aromatic carbocycles. The summed E-state index contributed by atoms with van der Waals surface area (Å²) >= 11 is 0. The number of aromatic nitrogens is 2. The van der Waals surface area contributed by atoms with Crippen LogP contribution in [0.1, 0.15) is 41.3 Å². The molecule has 208 valence electrons. The standard InChI is InChI=1S/C32H36N4O4/c1-22(2)24-10-14-27(15-11-24)36-20-29(25-12-16-28(40-5)17-13-25)33-32(36)34-30(37)21-35(18-19-39-4)31(38)26-8-6-23(3)7-9-26/h6-17,20,22H,18-19,21H2,1-5H3,(H,33,34,37). The summed E-state index contributed by atoms with van der Waals surface area (Å²) in [6.07, 6.45) is 1.89. The zero-order valence-electron chi connectivity index (χ0n) is 23.7. The summed E-state index contributed by atoms with van der Waals surface area (Å²) in [5, 5.41) is 2.93. The normalized spacial score (nSPS) is 10.9. The highest BCUT2D eigenvalue weighted by Crippen LogP contribution is 2.27. The number of imidazole rings is 1. The van der Waals surface area contributed by atoms with E-state index in [1.54, 1.807) is 26.4 Å². The number of amides is 2. The van der Waals surface area contributed by atoms with Gasteiger partial charge in [-0.3, -0.25) is 19.5 Å². The van der Waals surface area contributed by atoms with Crippen molar-refractivity contribution >= 4 is 17.8 Å². The second kappa shape index (κ2) is 13.1. The number of carbonyl (C=O) groups excluding carboxylic acids is 2. The maximum absolute atomic E-state index is 13.3. The van der Waals surface area contributed by atoms with E-state index in [1.165, 1.54) is 10.5 Å². The van der Waals surface area contributed by atoms with E-state index in [-0.39, 0.29) is 24.9 Å². The monoisotopic (exact) mass is 540 g/mol. The summed E-state index contributed by atoms with van der Waals surface area (Å²) in [4.78, 5) is 32.8. The van der Waals surface area contributed by atoms with Crippen LogP contribution in [0, 0.1) is 6.92 Å². The first kappa shape index (κ1) is 28.6. The van der Waals surface area contributed by atoms with Gasteiger partial charge in [0.15, 0.2) is 0 Å². The van der Waals surface area contributed by atoms with Gasteiger partial charge in [-0.25, -0.2) is 4.98 Å². The molecule has 0 unspecified atom stereocenters.